The Labute approximate surface area is 169 Å². The fourth-order valence-electron chi connectivity index (χ4n) is 2.83. The molecule has 2 aromatic carbocycles. The molecule has 0 spiro atoms. The number of piperidine rings is 1. The van der Waals surface area contributed by atoms with Gasteiger partial charge in [0.15, 0.2) is 0 Å². The van der Waals surface area contributed by atoms with Crippen LogP contribution >= 0.6 is 15.9 Å². The standard InChI is InChI=1S/C18H16BrFN2O5S/c1-27-15-8-6-12(22-17(23)3-2-4-18(22)24)10-16(15)28(25,26)21-14-7-5-11(19)9-13(14)20/h5-10,21H,2-4H2,1H3. The molecule has 1 heterocycles. The van der Waals surface area contributed by atoms with E-state index in [9.17, 15) is 22.4 Å². The molecule has 28 heavy (non-hydrogen) atoms. The van der Waals surface area contributed by atoms with Gasteiger partial charge in [-0.3, -0.25) is 19.2 Å². The van der Waals surface area contributed by atoms with Gasteiger partial charge in [0.2, 0.25) is 11.8 Å². The number of hydrogen-bond donors (Lipinski definition) is 1. The van der Waals surface area contributed by atoms with Crippen LogP contribution in [0.2, 0.25) is 0 Å². The average molecular weight is 471 g/mol. The molecule has 3 rings (SSSR count). The van der Waals surface area contributed by atoms with E-state index in [4.69, 9.17) is 4.74 Å². The van der Waals surface area contributed by atoms with Crippen molar-refractivity contribution in [3.05, 3.63) is 46.7 Å². The van der Waals surface area contributed by atoms with Crippen LogP contribution in [0.15, 0.2) is 45.8 Å². The first-order chi connectivity index (χ1) is 13.2. The highest BCUT2D eigenvalue weighted by Crippen LogP contribution is 2.32. The van der Waals surface area contributed by atoms with Crippen molar-refractivity contribution in [1.29, 1.82) is 0 Å². The summed E-state index contributed by atoms with van der Waals surface area (Å²) in [5.74, 6) is -1.59. The maximum absolute atomic E-state index is 14.1. The summed E-state index contributed by atoms with van der Waals surface area (Å²) in [6, 6.07) is 7.82. The molecule has 1 aliphatic heterocycles. The number of carbonyl (C=O) groups is 2. The molecule has 0 radical (unpaired) electrons. The van der Waals surface area contributed by atoms with Gasteiger partial charge in [-0.05, 0) is 42.8 Å². The molecule has 7 nitrogen and oxygen atoms in total. The highest BCUT2D eigenvalue weighted by Gasteiger charge is 2.30. The molecule has 148 valence electrons. The third-order valence-corrected chi connectivity index (χ3v) is 6.03. The number of benzene rings is 2. The number of sulfonamides is 1. The van der Waals surface area contributed by atoms with Crippen LogP contribution in [0.5, 0.6) is 5.75 Å². The molecule has 0 saturated carbocycles. The Morgan fingerprint density at radius 3 is 2.39 bits per heavy atom. The van der Waals surface area contributed by atoms with Crippen molar-refractivity contribution in [3.63, 3.8) is 0 Å². The monoisotopic (exact) mass is 470 g/mol. The molecule has 1 saturated heterocycles. The highest BCUT2D eigenvalue weighted by molar-refractivity contribution is 9.10. The summed E-state index contributed by atoms with van der Waals surface area (Å²) in [5.41, 5.74) is -0.132. The van der Waals surface area contributed by atoms with Crippen molar-refractivity contribution in [2.75, 3.05) is 16.7 Å². The Hall–Kier alpha value is -2.46. The zero-order valence-corrected chi connectivity index (χ0v) is 17.1. The van der Waals surface area contributed by atoms with Gasteiger partial charge in [0, 0.05) is 17.3 Å². The molecule has 0 atom stereocenters. The van der Waals surface area contributed by atoms with E-state index in [1.807, 2.05) is 0 Å². The van der Waals surface area contributed by atoms with Gasteiger partial charge in [0.1, 0.15) is 16.5 Å². The Kier molecular flexibility index (Phi) is 5.71. The second-order valence-corrected chi connectivity index (χ2v) is 8.61. The molecular formula is C18H16BrFN2O5S. The number of anilines is 2. The zero-order chi connectivity index (χ0) is 20.5. The smallest absolute Gasteiger partial charge is 0.265 e. The van der Waals surface area contributed by atoms with Crippen molar-refractivity contribution in [2.24, 2.45) is 0 Å². The van der Waals surface area contributed by atoms with Gasteiger partial charge in [-0.15, -0.1) is 0 Å². The number of rotatable bonds is 5. The van der Waals surface area contributed by atoms with Crippen LogP contribution in [-0.4, -0.2) is 27.3 Å². The minimum absolute atomic E-state index is 0.00863. The van der Waals surface area contributed by atoms with E-state index >= 15 is 0 Å². The molecule has 10 heteroatoms. The van der Waals surface area contributed by atoms with E-state index in [0.717, 1.165) is 11.0 Å². The van der Waals surface area contributed by atoms with Crippen LogP contribution in [0.3, 0.4) is 0 Å². The Balaban J connectivity index is 2.04. The molecule has 1 N–H and O–H groups in total. The van der Waals surface area contributed by atoms with E-state index in [0.29, 0.717) is 10.9 Å². The van der Waals surface area contributed by atoms with E-state index in [1.54, 1.807) is 0 Å². The number of nitrogens with zero attached hydrogens (tertiary/aromatic N) is 1. The lowest BCUT2D eigenvalue weighted by molar-refractivity contribution is -0.129. The Bertz CT molecular complexity index is 1040. The second kappa shape index (κ2) is 7.88. The summed E-state index contributed by atoms with van der Waals surface area (Å²) in [6.07, 6.45) is 0.851. The topological polar surface area (TPSA) is 92.8 Å². The fraction of sp³-hybridized carbons (Fsp3) is 0.222. The van der Waals surface area contributed by atoms with Crippen molar-refractivity contribution < 1.29 is 27.1 Å². The quantitative estimate of drug-likeness (QED) is 0.675. The Morgan fingerprint density at radius 1 is 1.11 bits per heavy atom. The van der Waals surface area contributed by atoms with Crippen LogP contribution in [0.1, 0.15) is 19.3 Å². The number of amides is 2. The summed E-state index contributed by atoms with van der Waals surface area (Å²) in [5, 5.41) is 0. The summed E-state index contributed by atoms with van der Waals surface area (Å²) < 4.78 is 47.5. The fourth-order valence-corrected chi connectivity index (χ4v) is 4.42. The maximum Gasteiger partial charge on any atom is 0.265 e. The molecule has 2 amide bonds. The lowest BCUT2D eigenvalue weighted by Crippen LogP contribution is -2.40. The minimum atomic E-state index is -4.27. The molecule has 0 bridgehead atoms. The SMILES string of the molecule is COc1ccc(N2C(=O)CCCC2=O)cc1S(=O)(=O)Nc1ccc(Br)cc1F. The first kappa shape index (κ1) is 20.3. The van der Waals surface area contributed by atoms with E-state index < -0.39 is 27.7 Å². The van der Waals surface area contributed by atoms with Gasteiger partial charge in [0.25, 0.3) is 10.0 Å². The molecular weight excluding hydrogens is 455 g/mol. The first-order valence-electron chi connectivity index (χ1n) is 8.24. The summed E-state index contributed by atoms with van der Waals surface area (Å²) in [4.78, 5) is 24.9. The number of ether oxygens (including phenoxy) is 1. The number of hydrogen-bond acceptors (Lipinski definition) is 5. The van der Waals surface area contributed by atoms with Crippen LogP contribution in [0.25, 0.3) is 0 Å². The zero-order valence-electron chi connectivity index (χ0n) is 14.7. The third kappa shape index (κ3) is 4.02. The van der Waals surface area contributed by atoms with Crippen molar-refractivity contribution in [2.45, 2.75) is 24.2 Å². The lowest BCUT2D eigenvalue weighted by Gasteiger charge is -2.25. The van der Waals surface area contributed by atoms with Gasteiger partial charge in [-0.25, -0.2) is 12.8 Å². The first-order valence-corrected chi connectivity index (χ1v) is 10.5. The maximum atomic E-state index is 14.1. The normalized spacial score (nSPS) is 14.9. The number of halogens is 2. The van der Waals surface area contributed by atoms with Crippen LogP contribution in [-0.2, 0) is 19.6 Å². The average Bonchev–Trinajstić information content (AvgIpc) is 2.64. The van der Waals surface area contributed by atoms with Gasteiger partial charge in [-0.1, -0.05) is 15.9 Å². The molecule has 0 unspecified atom stereocenters. The Morgan fingerprint density at radius 2 is 1.79 bits per heavy atom. The van der Waals surface area contributed by atoms with Gasteiger partial charge in [0.05, 0.1) is 18.5 Å². The number of carbonyl (C=O) groups excluding carboxylic acids is 2. The summed E-state index contributed by atoms with van der Waals surface area (Å²) in [6.45, 7) is 0. The minimum Gasteiger partial charge on any atom is -0.495 e. The molecule has 0 aromatic heterocycles. The molecule has 1 fully saturated rings. The summed E-state index contributed by atoms with van der Waals surface area (Å²) >= 11 is 3.10. The number of nitrogens with one attached hydrogen (secondary N) is 1. The van der Waals surface area contributed by atoms with Crippen LogP contribution in [0, 0.1) is 5.82 Å². The second-order valence-electron chi connectivity index (χ2n) is 6.04. The van der Waals surface area contributed by atoms with Crippen LogP contribution < -0.4 is 14.4 Å². The number of imide groups is 1. The van der Waals surface area contributed by atoms with E-state index in [2.05, 4.69) is 20.7 Å². The summed E-state index contributed by atoms with van der Waals surface area (Å²) in [7, 11) is -2.98. The van der Waals surface area contributed by atoms with Gasteiger partial charge < -0.3 is 4.74 Å². The van der Waals surface area contributed by atoms with E-state index in [1.165, 1.54) is 37.4 Å². The predicted octanol–water partition coefficient (Wildman–Crippen LogP) is 3.44. The molecule has 1 aliphatic rings. The van der Waals surface area contributed by atoms with Crippen LogP contribution in [0.4, 0.5) is 15.8 Å². The third-order valence-electron chi connectivity index (χ3n) is 4.15. The van der Waals surface area contributed by atoms with E-state index in [-0.39, 0.29) is 34.9 Å². The van der Waals surface area contributed by atoms with Crippen molar-refractivity contribution in [1.82, 2.24) is 0 Å². The predicted molar refractivity (Wildman–Crippen MR) is 104 cm³/mol. The number of methoxy groups -OCH3 is 1. The van der Waals surface area contributed by atoms with Crippen molar-refractivity contribution in [3.8, 4) is 5.75 Å². The van der Waals surface area contributed by atoms with Crippen molar-refractivity contribution >= 4 is 49.1 Å². The largest absolute Gasteiger partial charge is 0.495 e. The molecule has 0 aliphatic carbocycles. The van der Waals surface area contributed by atoms with Gasteiger partial charge >= 0.3 is 0 Å². The lowest BCUT2D eigenvalue weighted by atomic mass is 10.1. The molecule has 2 aromatic rings. The van der Waals surface area contributed by atoms with Gasteiger partial charge in [-0.2, -0.15) is 0 Å². The highest BCUT2D eigenvalue weighted by atomic mass is 79.9.